The van der Waals surface area contributed by atoms with Crippen LogP contribution in [0.4, 0.5) is 0 Å². The molecule has 12 bridgehead atoms. The van der Waals surface area contributed by atoms with E-state index in [9.17, 15) is 15.0 Å². The van der Waals surface area contributed by atoms with Crippen molar-refractivity contribution >= 4 is 5.78 Å². The van der Waals surface area contributed by atoms with Gasteiger partial charge in [-0.15, -0.1) is 0 Å². The molecule has 10 aliphatic rings. The molecule has 12 heteroatoms. The van der Waals surface area contributed by atoms with E-state index in [0.29, 0.717) is 25.7 Å². The number of carbonyl (C=O) groups is 1. The molecule has 2 N–H and O–H groups in total. The second kappa shape index (κ2) is 14.3. The highest BCUT2D eigenvalue weighted by molar-refractivity contribution is 5.79. The lowest BCUT2D eigenvalue weighted by Crippen LogP contribution is -2.61. The molecule has 0 aromatic carbocycles. The number of hydrogen-bond donors (Lipinski definition) is 2. The Kier molecular flexibility index (Phi) is 10.0. The maximum absolute atomic E-state index is 14.0. The maximum atomic E-state index is 14.0. The molecular formula is C40H58O12. The van der Waals surface area contributed by atoms with Crippen molar-refractivity contribution in [3.8, 4) is 0 Å². The van der Waals surface area contributed by atoms with Gasteiger partial charge in [0.2, 0.25) is 0 Å². The summed E-state index contributed by atoms with van der Waals surface area (Å²) in [6.07, 6.45) is 4.01. The van der Waals surface area contributed by atoms with E-state index in [0.717, 1.165) is 49.7 Å². The van der Waals surface area contributed by atoms with Gasteiger partial charge < -0.3 is 52.8 Å². The highest BCUT2D eigenvalue weighted by atomic mass is 16.8. The standard InChI is InChI=1S/C40H58O12/c1-19-11-24-5-7-28-20(2)12-26(45-28)9-10-40-17-33-36(51-40)37-38(50-33)39(52-40)35-29(49-37)8-6-25(47-35)13-22(42)14-27-31(16-30(46-24)21(19)3)48-32(34(27)44-4)15-23(43)18-41/h19,23-39,41,43H,2-3,5-18H2,1,4H3/t19-,23?,24?,25?,26?,27?,28?,29-,30?,31?,32-,33?,34-,35+,36?,37?,38?,39?,40+/m1/s1. The zero-order valence-electron chi connectivity index (χ0n) is 30.7. The summed E-state index contributed by atoms with van der Waals surface area (Å²) in [7, 11) is 1.63. The van der Waals surface area contributed by atoms with Crippen molar-refractivity contribution in [2.45, 2.75) is 194 Å². The van der Waals surface area contributed by atoms with Crippen molar-refractivity contribution in [1.29, 1.82) is 0 Å². The van der Waals surface area contributed by atoms with Crippen LogP contribution in [0.5, 0.6) is 0 Å². The van der Waals surface area contributed by atoms with Crippen LogP contribution in [0.1, 0.15) is 90.4 Å². The van der Waals surface area contributed by atoms with Crippen LogP contribution >= 0.6 is 0 Å². The Morgan fingerprint density at radius 1 is 0.788 bits per heavy atom. The number of Topliss-reactive ketones (excluding diaryl/α,β-unsaturated/α-hetero) is 1. The molecule has 10 rings (SSSR count). The molecule has 10 heterocycles. The first-order valence-electron chi connectivity index (χ1n) is 20.1. The van der Waals surface area contributed by atoms with E-state index in [1.807, 2.05) is 0 Å². The first-order chi connectivity index (χ1) is 25.1. The summed E-state index contributed by atoms with van der Waals surface area (Å²) in [6.45, 7) is 10.7. The predicted molar refractivity (Wildman–Crippen MR) is 184 cm³/mol. The molecular weight excluding hydrogens is 672 g/mol. The van der Waals surface area contributed by atoms with Crippen LogP contribution in [0.3, 0.4) is 0 Å². The van der Waals surface area contributed by atoms with E-state index < -0.39 is 24.1 Å². The smallest absolute Gasteiger partial charge is 0.172 e. The Labute approximate surface area is 306 Å². The second-order valence-corrected chi connectivity index (χ2v) is 17.4. The SMILES string of the molecule is C=C1CC2CC[C@@]34CC5OC6C(O[C@@H]7CCC(CC(=O)CC8C(CC9OC(CCC1O2)C[C@@H](C)C9=C)O[C@H](CC(O)CO)[C@@H]8OC)O[C@@H]7C6O3)C5O4. The van der Waals surface area contributed by atoms with Crippen molar-refractivity contribution in [3.63, 3.8) is 0 Å². The third-order valence-electron chi connectivity index (χ3n) is 13.9. The lowest BCUT2D eigenvalue weighted by atomic mass is 9.81. The van der Waals surface area contributed by atoms with Crippen molar-refractivity contribution in [2.75, 3.05) is 13.7 Å². The second-order valence-electron chi connectivity index (χ2n) is 17.4. The van der Waals surface area contributed by atoms with Crippen molar-refractivity contribution in [2.24, 2.45) is 11.8 Å². The van der Waals surface area contributed by atoms with Crippen LogP contribution in [0.25, 0.3) is 0 Å². The number of aliphatic hydroxyl groups is 2. The van der Waals surface area contributed by atoms with Crippen LogP contribution in [-0.2, 0) is 47.4 Å². The molecule has 10 fully saturated rings. The highest BCUT2D eigenvalue weighted by Gasteiger charge is 2.68. The molecule has 1 spiro atoms. The minimum Gasteiger partial charge on any atom is -0.394 e. The van der Waals surface area contributed by atoms with Gasteiger partial charge in [-0.05, 0) is 62.0 Å². The summed E-state index contributed by atoms with van der Waals surface area (Å²) in [6, 6.07) is 0. The monoisotopic (exact) mass is 730 g/mol. The third-order valence-corrected chi connectivity index (χ3v) is 13.9. The number of carbonyl (C=O) groups excluding carboxylic acids is 1. The zero-order chi connectivity index (χ0) is 35.9. The zero-order valence-corrected chi connectivity index (χ0v) is 30.7. The van der Waals surface area contributed by atoms with E-state index in [-0.39, 0.29) is 123 Å². The lowest BCUT2D eigenvalue weighted by Gasteiger charge is -2.47. The Bertz CT molecular complexity index is 1370. The van der Waals surface area contributed by atoms with Gasteiger partial charge in [-0.3, -0.25) is 4.79 Å². The fraction of sp³-hybridized carbons (Fsp3) is 0.875. The average Bonchev–Trinajstić information content (AvgIpc) is 3.79. The fourth-order valence-corrected chi connectivity index (χ4v) is 11.3. The van der Waals surface area contributed by atoms with Crippen molar-refractivity contribution < 1.29 is 57.6 Å². The summed E-state index contributed by atoms with van der Waals surface area (Å²) in [4.78, 5) is 14.0. The van der Waals surface area contributed by atoms with Crippen LogP contribution in [0.15, 0.2) is 24.3 Å². The van der Waals surface area contributed by atoms with E-state index >= 15 is 0 Å². The summed E-state index contributed by atoms with van der Waals surface area (Å²) in [5.41, 5.74) is 2.17. The molecule has 0 radical (unpaired) electrons. The van der Waals surface area contributed by atoms with Gasteiger partial charge in [-0.2, -0.15) is 0 Å². The fourth-order valence-electron chi connectivity index (χ4n) is 11.3. The number of aliphatic hydroxyl groups excluding tert-OH is 2. The van der Waals surface area contributed by atoms with Gasteiger partial charge in [0.1, 0.15) is 36.3 Å². The summed E-state index contributed by atoms with van der Waals surface area (Å²) < 4.78 is 59.8. The summed E-state index contributed by atoms with van der Waals surface area (Å²) in [5.74, 6) is -0.709. The molecule has 13 unspecified atom stereocenters. The van der Waals surface area contributed by atoms with Crippen molar-refractivity contribution in [1.82, 2.24) is 0 Å². The first-order valence-corrected chi connectivity index (χ1v) is 20.1. The highest BCUT2D eigenvalue weighted by Crippen LogP contribution is 2.54. The number of hydrogen-bond acceptors (Lipinski definition) is 12. The molecule has 10 saturated heterocycles. The van der Waals surface area contributed by atoms with E-state index in [4.69, 9.17) is 42.6 Å². The Morgan fingerprint density at radius 3 is 2.37 bits per heavy atom. The Morgan fingerprint density at radius 2 is 1.54 bits per heavy atom. The molecule has 0 aromatic heterocycles. The molecule has 0 saturated carbocycles. The largest absolute Gasteiger partial charge is 0.394 e. The molecule has 10 aliphatic heterocycles. The summed E-state index contributed by atoms with van der Waals surface area (Å²) >= 11 is 0. The minimum atomic E-state index is -0.951. The lowest BCUT2D eigenvalue weighted by molar-refractivity contribution is -0.292. The van der Waals surface area contributed by atoms with Gasteiger partial charge in [-0.1, -0.05) is 20.1 Å². The van der Waals surface area contributed by atoms with Gasteiger partial charge in [0.25, 0.3) is 0 Å². The predicted octanol–water partition coefficient (Wildman–Crippen LogP) is 3.47. The molecule has 0 amide bonds. The third kappa shape index (κ3) is 6.59. The molecule has 0 aromatic rings. The van der Waals surface area contributed by atoms with Gasteiger partial charge in [0.15, 0.2) is 5.79 Å². The normalized spacial score (nSPS) is 52.4. The van der Waals surface area contributed by atoms with Gasteiger partial charge >= 0.3 is 0 Å². The Hall–Kier alpha value is -1.29. The van der Waals surface area contributed by atoms with E-state index in [1.54, 1.807) is 7.11 Å². The number of fused-ring (bicyclic) bond motifs is 6. The van der Waals surface area contributed by atoms with E-state index in [1.165, 1.54) is 0 Å². The molecule has 19 atom stereocenters. The number of methoxy groups -OCH3 is 1. The van der Waals surface area contributed by atoms with E-state index in [2.05, 4.69) is 20.1 Å². The number of ether oxygens (including phenoxy) is 9. The topological polar surface area (TPSA) is 141 Å². The molecule has 0 aliphatic carbocycles. The van der Waals surface area contributed by atoms with Crippen LogP contribution in [-0.4, -0.2) is 133 Å². The first kappa shape index (κ1) is 36.4. The minimum absolute atomic E-state index is 0.0260. The van der Waals surface area contributed by atoms with Crippen LogP contribution < -0.4 is 0 Å². The van der Waals surface area contributed by atoms with Crippen LogP contribution in [0.2, 0.25) is 0 Å². The van der Waals surface area contributed by atoms with Gasteiger partial charge in [-0.25, -0.2) is 0 Å². The van der Waals surface area contributed by atoms with Gasteiger partial charge in [0.05, 0.1) is 73.8 Å². The Balaban J connectivity index is 0.994. The summed E-state index contributed by atoms with van der Waals surface area (Å²) in [5, 5.41) is 20.1. The van der Waals surface area contributed by atoms with Crippen molar-refractivity contribution in [3.05, 3.63) is 24.3 Å². The van der Waals surface area contributed by atoms with Gasteiger partial charge in [0, 0.05) is 51.6 Å². The number of ketones is 1. The molecule has 290 valence electrons. The molecule has 52 heavy (non-hydrogen) atoms. The number of rotatable bonds is 4. The average molecular weight is 731 g/mol. The molecule has 12 nitrogen and oxygen atoms in total. The maximum Gasteiger partial charge on any atom is 0.172 e. The quantitative estimate of drug-likeness (QED) is 0.410. The van der Waals surface area contributed by atoms with Crippen LogP contribution in [0, 0.1) is 11.8 Å².